The van der Waals surface area contributed by atoms with Gasteiger partial charge in [-0.15, -0.1) is 11.3 Å². The second-order valence-electron chi connectivity index (χ2n) is 4.57. The molecule has 0 radical (unpaired) electrons. The molecule has 0 spiro atoms. The van der Waals surface area contributed by atoms with Crippen molar-refractivity contribution in [2.24, 2.45) is 0 Å². The van der Waals surface area contributed by atoms with Gasteiger partial charge in [-0.3, -0.25) is 4.79 Å². The van der Waals surface area contributed by atoms with Gasteiger partial charge < -0.3 is 5.32 Å². The van der Waals surface area contributed by atoms with Gasteiger partial charge in [-0.2, -0.15) is 5.26 Å². The molecule has 0 saturated heterocycles. The van der Waals surface area contributed by atoms with Crippen molar-refractivity contribution in [2.75, 3.05) is 0 Å². The second kappa shape index (κ2) is 6.82. The fourth-order valence-corrected chi connectivity index (χ4v) is 2.41. The molecule has 1 atom stereocenters. The van der Waals surface area contributed by atoms with Gasteiger partial charge in [0, 0.05) is 5.38 Å². The third-order valence-electron chi connectivity index (χ3n) is 2.94. The molecule has 1 aromatic heterocycles. The van der Waals surface area contributed by atoms with Crippen LogP contribution in [0.1, 0.15) is 29.2 Å². The highest BCUT2D eigenvalue weighted by atomic mass is 32.1. The number of carbonyl (C=O) groups is 1. The van der Waals surface area contributed by atoms with Crippen molar-refractivity contribution in [2.45, 2.75) is 19.9 Å². The van der Waals surface area contributed by atoms with Gasteiger partial charge in [0.25, 0.3) is 5.91 Å². The molecule has 0 fully saturated rings. The molecule has 0 aliphatic carbocycles. The fourth-order valence-electron chi connectivity index (χ4n) is 1.84. The number of nitrogens with one attached hydrogen (secondary N) is 1. The van der Waals surface area contributed by atoms with Gasteiger partial charge in [0.15, 0.2) is 0 Å². The topological polar surface area (TPSA) is 65.8 Å². The zero-order valence-electron chi connectivity index (χ0n) is 11.8. The van der Waals surface area contributed by atoms with Gasteiger partial charge in [-0.05, 0) is 25.5 Å². The number of hydrogen-bond acceptors (Lipinski definition) is 4. The normalized spacial score (nSPS) is 12.5. The fraction of sp³-hybridized carbons (Fsp3) is 0.188. The minimum Gasteiger partial charge on any atom is -0.345 e. The van der Waals surface area contributed by atoms with Crippen LogP contribution >= 0.6 is 11.3 Å². The van der Waals surface area contributed by atoms with Crippen LogP contribution in [0.15, 0.2) is 41.3 Å². The maximum Gasteiger partial charge on any atom is 0.262 e. The lowest BCUT2D eigenvalue weighted by atomic mass is 10.1. The van der Waals surface area contributed by atoms with Crippen molar-refractivity contribution >= 4 is 23.3 Å². The molecule has 1 N–H and O–H groups in total. The Balaban J connectivity index is 2.11. The van der Waals surface area contributed by atoms with Gasteiger partial charge >= 0.3 is 0 Å². The summed E-state index contributed by atoms with van der Waals surface area (Å²) in [7, 11) is 0. The average molecular weight is 297 g/mol. The molecule has 5 heteroatoms. The zero-order chi connectivity index (χ0) is 15.2. The number of thiazole rings is 1. The number of nitrogens with zero attached hydrogens (tertiary/aromatic N) is 2. The van der Waals surface area contributed by atoms with E-state index in [0.29, 0.717) is 5.69 Å². The number of carbonyl (C=O) groups excluding carboxylic acids is 1. The Morgan fingerprint density at radius 2 is 2.14 bits per heavy atom. The van der Waals surface area contributed by atoms with Crippen molar-refractivity contribution in [1.82, 2.24) is 10.3 Å². The van der Waals surface area contributed by atoms with E-state index in [1.54, 1.807) is 0 Å². The predicted octanol–water partition coefficient (Wildman–Crippen LogP) is 3.24. The van der Waals surface area contributed by atoms with E-state index in [9.17, 15) is 4.79 Å². The van der Waals surface area contributed by atoms with Crippen LogP contribution in [0.25, 0.3) is 6.08 Å². The monoisotopic (exact) mass is 297 g/mol. The molecule has 1 heterocycles. The van der Waals surface area contributed by atoms with E-state index in [2.05, 4.69) is 10.3 Å². The van der Waals surface area contributed by atoms with Gasteiger partial charge in [-0.1, -0.05) is 30.3 Å². The number of rotatable bonds is 4. The second-order valence-corrected chi connectivity index (χ2v) is 5.63. The maximum absolute atomic E-state index is 12.1. The predicted molar refractivity (Wildman–Crippen MR) is 83.4 cm³/mol. The van der Waals surface area contributed by atoms with E-state index in [1.807, 2.05) is 55.6 Å². The molecular formula is C16H15N3OS. The quantitative estimate of drug-likeness (QED) is 0.696. The third kappa shape index (κ3) is 4.01. The largest absolute Gasteiger partial charge is 0.345 e. The molecule has 106 valence electrons. The summed E-state index contributed by atoms with van der Waals surface area (Å²) in [5.41, 5.74) is 1.69. The number of hydrogen-bond donors (Lipinski definition) is 1. The smallest absolute Gasteiger partial charge is 0.262 e. The highest BCUT2D eigenvalue weighted by Gasteiger charge is 2.14. The van der Waals surface area contributed by atoms with Crippen molar-refractivity contribution in [1.29, 1.82) is 5.26 Å². The molecule has 0 aliphatic heterocycles. The maximum atomic E-state index is 12.1. The highest BCUT2D eigenvalue weighted by Crippen LogP contribution is 2.14. The zero-order valence-corrected chi connectivity index (χ0v) is 12.6. The average Bonchev–Trinajstić information content (AvgIpc) is 2.90. The number of aryl methyl sites for hydroxylation is 1. The first-order valence-electron chi connectivity index (χ1n) is 6.50. The lowest BCUT2D eigenvalue weighted by Crippen LogP contribution is -2.27. The Morgan fingerprint density at radius 3 is 2.71 bits per heavy atom. The van der Waals surface area contributed by atoms with Crippen LogP contribution in [-0.2, 0) is 4.79 Å². The van der Waals surface area contributed by atoms with Crippen LogP contribution in [0, 0.1) is 18.3 Å². The lowest BCUT2D eigenvalue weighted by Gasteiger charge is -2.13. The van der Waals surface area contributed by atoms with Crippen LogP contribution in [0.2, 0.25) is 0 Å². The summed E-state index contributed by atoms with van der Waals surface area (Å²) in [6, 6.07) is 11.4. The lowest BCUT2D eigenvalue weighted by molar-refractivity contribution is -0.117. The molecule has 0 aliphatic rings. The molecule has 0 bridgehead atoms. The first kappa shape index (κ1) is 14.9. The van der Waals surface area contributed by atoms with Gasteiger partial charge in [-0.25, -0.2) is 4.98 Å². The SMILES string of the molecule is Cc1nc(/C=C(\C#N)C(=O)N[C@@H](C)c2ccccc2)cs1. The van der Waals surface area contributed by atoms with Crippen molar-refractivity contribution in [3.63, 3.8) is 0 Å². The molecule has 0 unspecified atom stereocenters. The van der Waals surface area contributed by atoms with E-state index in [4.69, 9.17) is 5.26 Å². The number of benzene rings is 1. The Morgan fingerprint density at radius 1 is 1.43 bits per heavy atom. The minimum absolute atomic E-state index is 0.0584. The molecule has 0 saturated carbocycles. The standard InChI is InChI=1S/C16H15N3OS/c1-11(13-6-4-3-5-7-13)18-16(20)14(9-17)8-15-10-21-12(2)19-15/h3-8,10-11H,1-2H3,(H,18,20)/b14-8+/t11-/m0/s1. The van der Waals surface area contributed by atoms with E-state index < -0.39 is 0 Å². The van der Waals surface area contributed by atoms with Crippen LogP contribution in [0.5, 0.6) is 0 Å². The van der Waals surface area contributed by atoms with E-state index in [0.717, 1.165) is 10.6 Å². The van der Waals surface area contributed by atoms with Crippen LogP contribution < -0.4 is 5.32 Å². The summed E-state index contributed by atoms with van der Waals surface area (Å²) >= 11 is 1.48. The van der Waals surface area contributed by atoms with Crippen molar-refractivity contribution in [3.8, 4) is 6.07 Å². The molecule has 2 rings (SSSR count). The first-order valence-corrected chi connectivity index (χ1v) is 7.38. The number of aromatic nitrogens is 1. The van der Waals surface area contributed by atoms with Crippen molar-refractivity contribution in [3.05, 3.63) is 57.6 Å². The minimum atomic E-state index is -0.389. The molecule has 1 aromatic carbocycles. The van der Waals surface area contributed by atoms with Gasteiger partial charge in [0.1, 0.15) is 11.6 Å². The summed E-state index contributed by atoms with van der Waals surface area (Å²) in [5, 5.41) is 14.7. The van der Waals surface area contributed by atoms with Crippen LogP contribution in [0.4, 0.5) is 0 Å². The molecular weight excluding hydrogens is 282 g/mol. The number of nitriles is 1. The summed E-state index contributed by atoms with van der Waals surface area (Å²) in [5.74, 6) is -0.389. The Labute approximate surface area is 127 Å². The van der Waals surface area contributed by atoms with E-state index in [-0.39, 0.29) is 17.5 Å². The molecule has 1 amide bonds. The highest BCUT2D eigenvalue weighted by molar-refractivity contribution is 7.09. The molecule has 4 nitrogen and oxygen atoms in total. The number of amides is 1. The van der Waals surface area contributed by atoms with Gasteiger partial charge in [0.2, 0.25) is 0 Å². The van der Waals surface area contributed by atoms with E-state index in [1.165, 1.54) is 17.4 Å². The summed E-state index contributed by atoms with van der Waals surface area (Å²) in [6.45, 7) is 3.76. The Kier molecular flexibility index (Phi) is 4.85. The Bertz CT molecular complexity index is 698. The molecule has 2 aromatic rings. The summed E-state index contributed by atoms with van der Waals surface area (Å²) in [6.07, 6.45) is 1.51. The van der Waals surface area contributed by atoms with Crippen LogP contribution in [0.3, 0.4) is 0 Å². The first-order chi connectivity index (χ1) is 10.1. The van der Waals surface area contributed by atoms with Gasteiger partial charge in [0.05, 0.1) is 16.7 Å². The van der Waals surface area contributed by atoms with Crippen LogP contribution in [-0.4, -0.2) is 10.9 Å². The summed E-state index contributed by atoms with van der Waals surface area (Å²) in [4.78, 5) is 16.4. The summed E-state index contributed by atoms with van der Waals surface area (Å²) < 4.78 is 0. The van der Waals surface area contributed by atoms with Crippen molar-refractivity contribution < 1.29 is 4.79 Å². The Hall–Kier alpha value is -2.45. The molecule has 21 heavy (non-hydrogen) atoms. The van der Waals surface area contributed by atoms with E-state index >= 15 is 0 Å². The third-order valence-corrected chi connectivity index (χ3v) is 3.73.